The second-order valence-electron chi connectivity index (χ2n) is 24.3. The van der Waals surface area contributed by atoms with Crippen molar-refractivity contribution < 1.29 is 96.9 Å². The lowest BCUT2D eigenvalue weighted by Crippen LogP contribution is -2.48. The van der Waals surface area contributed by atoms with Gasteiger partial charge < -0.3 is 82.5 Å². The molecule has 0 saturated carbocycles. The number of pyridine rings is 2. The zero-order valence-electron chi connectivity index (χ0n) is 60.0. The molecule has 2 unspecified atom stereocenters. The van der Waals surface area contributed by atoms with Crippen LogP contribution in [0.2, 0.25) is 0 Å². The van der Waals surface area contributed by atoms with Gasteiger partial charge in [-0.15, -0.1) is 0 Å². The van der Waals surface area contributed by atoms with Gasteiger partial charge in [0.05, 0.1) is 134 Å². The second kappa shape index (κ2) is 45.5. The minimum absolute atomic E-state index is 0.0627. The lowest BCUT2D eigenvalue weighted by atomic mass is 9.85. The Balaban J connectivity index is 0.784. The lowest BCUT2D eigenvalue weighted by Gasteiger charge is -2.35. The van der Waals surface area contributed by atoms with Gasteiger partial charge in [-0.05, 0) is 110 Å². The SMILES string of the molecule is [3H]CCNCCCCC(NC(=O)C(CC(=O)COCC(=O)CCCOCCOCCOCCOCCOCCOCCOCCOCCN=[N+]=[N-])Cc1ccccc1)C(=O)Cc1ccc(COC(=O)NCC(=O)O[C@]2(CC)C(=O)OCc3c2cc2n(c3=O)Cc3c-2nc2ccc(O)cc2c3CC)cc1. The molecule has 0 saturated heterocycles. The number of aryl methyl sites for hydroxylation is 1. The summed E-state index contributed by atoms with van der Waals surface area (Å²) in [6, 6.07) is 21.5. The molecule has 560 valence electrons. The van der Waals surface area contributed by atoms with Crippen molar-refractivity contribution >= 4 is 52.2 Å². The van der Waals surface area contributed by atoms with Gasteiger partial charge in [0.25, 0.3) is 5.56 Å². The second-order valence-corrected chi connectivity index (χ2v) is 24.3. The summed E-state index contributed by atoms with van der Waals surface area (Å²) in [6.07, 6.45) is 1.62. The van der Waals surface area contributed by atoms with E-state index in [-0.39, 0.29) is 106 Å². The van der Waals surface area contributed by atoms with Crippen molar-refractivity contribution in [2.75, 3.05) is 145 Å². The number of amides is 2. The number of fused-ring (bicyclic) bond motifs is 5. The van der Waals surface area contributed by atoms with E-state index in [1.54, 1.807) is 54.0 Å². The predicted octanol–water partition coefficient (Wildman–Crippen LogP) is 6.83. The van der Waals surface area contributed by atoms with Crippen LogP contribution in [0.15, 0.2) is 88.8 Å². The number of nitrogens with zero attached hydrogens (tertiary/aromatic N) is 5. The van der Waals surface area contributed by atoms with Crippen LogP contribution < -0.4 is 21.5 Å². The smallest absolute Gasteiger partial charge is 0.407 e. The molecule has 0 aliphatic carbocycles. The average molecular weight is 1440 g/mol. The summed E-state index contributed by atoms with van der Waals surface area (Å²) in [7, 11) is 0. The first-order chi connectivity index (χ1) is 50.7. The van der Waals surface area contributed by atoms with Gasteiger partial charge in [0.2, 0.25) is 11.5 Å². The minimum Gasteiger partial charge on any atom is -0.508 e. The third-order valence-electron chi connectivity index (χ3n) is 17.0. The largest absolute Gasteiger partial charge is 0.508 e. The quantitative estimate of drug-likeness (QED) is 0.00759. The number of benzene rings is 3. The Bertz CT molecular complexity index is 3670. The molecule has 29 nitrogen and oxygen atoms in total. The molecular weight excluding hydrogens is 1340 g/mol. The number of cyclic esters (lactones) is 1. The first-order valence-corrected chi connectivity index (χ1v) is 35.1. The Hall–Kier alpha value is -8.58. The summed E-state index contributed by atoms with van der Waals surface area (Å²) in [5, 5.41) is 22.9. The fraction of sp³-hybridized carbons (Fsp3) is 0.554. The summed E-state index contributed by atoms with van der Waals surface area (Å²) < 4.78 is 75.0. The summed E-state index contributed by atoms with van der Waals surface area (Å²) in [6.45, 7) is 9.90. The lowest BCUT2D eigenvalue weighted by molar-refractivity contribution is -0.188. The number of hydrogen-bond donors (Lipinski definition) is 4. The molecule has 0 bridgehead atoms. The van der Waals surface area contributed by atoms with Crippen LogP contribution in [-0.2, 0) is 130 Å². The molecule has 4 heterocycles. The van der Waals surface area contributed by atoms with Crippen LogP contribution in [0, 0.1) is 5.92 Å². The van der Waals surface area contributed by atoms with Crippen LogP contribution in [-0.4, -0.2) is 207 Å². The molecule has 3 aromatic carbocycles. The highest BCUT2D eigenvalue weighted by Gasteiger charge is 2.50. The number of esters is 2. The van der Waals surface area contributed by atoms with Gasteiger partial charge in [-0.3, -0.25) is 28.8 Å². The highest BCUT2D eigenvalue weighted by molar-refractivity contribution is 5.94. The molecule has 3 atom stereocenters. The number of nitrogens with one attached hydrogen (secondary N) is 3. The third-order valence-corrected chi connectivity index (χ3v) is 17.0. The molecule has 5 aromatic rings. The van der Waals surface area contributed by atoms with Crippen molar-refractivity contribution in [2.24, 2.45) is 11.0 Å². The van der Waals surface area contributed by atoms with E-state index in [9.17, 15) is 43.5 Å². The Morgan fingerprint density at radius 3 is 2.00 bits per heavy atom. The van der Waals surface area contributed by atoms with Crippen molar-refractivity contribution in [1.82, 2.24) is 25.5 Å². The van der Waals surface area contributed by atoms with Crippen molar-refractivity contribution in [1.29, 1.82) is 0 Å². The number of phenols is 1. The molecule has 0 spiro atoms. The van der Waals surface area contributed by atoms with Crippen molar-refractivity contribution in [3.63, 3.8) is 0 Å². The number of carbonyl (C=O) groups excluding carboxylic acids is 7. The monoisotopic (exact) mass is 1440 g/mol. The molecule has 29 heteroatoms. The number of azide groups is 1. The van der Waals surface area contributed by atoms with Crippen LogP contribution in [0.1, 0.15) is 106 Å². The number of phenolic OH excluding ortho intramolecular Hbond substituents is 1. The fourth-order valence-electron chi connectivity index (χ4n) is 11.7. The van der Waals surface area contributed by atoms with Crippen LogP contribution in [0.25, 0.3) is 32.7 Å². The predicted molar refractivity (Wildman–Crippen MR) is 376 cm³/mol. The zero-order valence-corrected chi connectivity index (χ0v) is 59.0. The maximum absolute atomic E-state index is 14.3. The van der Waals surface area contributed by atoms with Crippen molar-refractivity contribution in [3.05, 3.63) is 139 Å². The van der Waals surface area contributed by atoms with Crippen molar-refractivity contribution in [2.45, 2.75) is 116 Å². The van der Waals surface area contributed by atoms with E-state index in [1.165, 1.54) is 6.07 Å². The molecule has 2 aliphatic rings. The number of ether oxygens (including phenoxy) is 12. The number of alkyl carbamates (subject to hydrolysis) is 1. The third kappa shape index (κ3) is 26.9. The van der Waals surface area contributed by atoms with E-state index >= 15 is 0 Å². The molecule has 0 radical (unpaired) electrons. The Labute approximate surface area is 600 Å². The van der Waals surface area contributed by atoms with E-state index < -0.39 is 53.6 Å². The highest BCUT2D eigenvalue weighted by atomic mass is 16.6. The van der Waals surface area contributed by atoms with Gasteiger partial charge in [-0.1, -0.05) is 80.5 Å². The maximum Gasteiger partial charge on any atom is 0.407 e. The number of rotatable bonds is 54. The highest BCUT2D eigenvalue weighted by Crippen LogP contribution is 2.42. The topological polar surface area (TPSA) is 370 Å². The van der Waals surface area contributed by atoms with E-state index in [0.717, 1.165) is 22.1 Å². The average Bonchev–Trinajstić information content (AvgIpc) is 1.51. The van der Waals surface area contributed by atoms with E-state index in [4.69, 9.17) is 68.7 Å². The van der Waals surface area contributed by atoms with E-state index in [0.29, 0.717) is 185 Å². The zero-order chi connectivity index (χ0) is 74.2. The number of Topliss-reactive ketones (excluding diaryl/α,β-unsaturated/α-hetero) is 3. The molecule has 4 N–H and O–H groups in total. The van der Waals surface area contributed by atoms with Crippen LogP contribution in [0.5, 0.6) is 5.75 Å². The number of hydrogen-bond acceptors (Lipinski definition) is 24. The van der Waals surface area contributed by atoms with Crippen LogP contribution >= 0.6 is 0 Å². The summed E-state index contributed by atoms with van der Waals surface area (Å²) in [4.78, 5) is 116. The van der Waals surface area contributed by atoms with E-state index in [2.05, 4.69) is 26.0 Å². The number of unbranched alkanes of at least 4 members (excludes halogenated alkanes) is 1. The maximum atomic E-state index is 14.3. The van der Waals surface area contributed by atoms with Gasteiger partial charge in [0.1, 0.15) is 38.7 Å². The Morgan fingerprint density at radius 2 is 1.37 bits per heavy atom. The van der Waals surface area contributed by atoms with Gasteiger partial charge in [-0.2, -0.15) is 0 Å². The minimum atomic E-state index is -2.02. The van der Waals surface area contributed by atoms with E-state index in [1.807, 2.05) is 37.3 Å². The normalized spacial score (nSPS) is 14.3. The van der Waals surface area contributed by atoms with Gasteiger partial charge in [0.15, 0.2) is 17.3 Å². The number of aromatic hydroxyl groups is 1. The molecule has 103 heavy (non-hydrogen) atoms. The first-order valence-electron chi connectivity index (χ1n) is 35.8. The molecular formula is C74H98N8O21. The van der Waals surface area contributed by atoms with Gasteiger partial charge in [-0.25, -0.2) is 14.6 Å². The van der Waals surface area contributed by atoms with Crippen LogP contribution in [0.4, 0.5) is 4.79 Å². The molecule has 2 amide bonds. The van der Waals surface area contributed by atoms with Crippen LogP contribution in [0.3, 0.4) is 0 Å². The summed E-state index contributed by atoms with van der Waals surface area (Å²) in [5.41, 5.74) is 11.3. The summed E-state index contributed by atoms with van der Waals surface area (Å²) in [5.74, 6) is -4.02. The number of aromatic nitrogens is 2. The standard InChI is InChI=1S/C74H98N8O21/c1-4-59-60-44-56(83)21-22-64(60)79-69-61(59)47-82-66(69)45-63-62(71(82)89)51-101-72(90)74(63,5-2)103-68(87)46-77-73(91)102-48-54-19-17-53(18-20-54)42-67(86)65(16-10-11-23-76-6-3)80-70(88)55(41-52-13-8-7-9-14-52)43-58(85)50-100-49-57(84)15-12-25-92-27-29-94-31-33-96-35-37-98-39-40-99-38-36-97-34-32-95-30-28-93-26-24-78-81-75/h7-9,13-14,17-22,44-45,55,65,76,83H,4-6,10-12,15-16,23-43,46-51H2,1-3H3,(H,77,91)(H,80,88)/t55?,65?,74-/m0/s1/i3T. The molecule has 2 aromatic heterocycles. The Morgan fingerprint density at radius 1 is 0.738 bits per heavy atom. The van der Waals surface area contributed by atoms with Gasteiger partial charge in [0, 0.05) is 61.1 Å². The molecule has 7 rings (SSSR count). The number of carbonyl (C=O) groups is 7. The fourth-order valence-corrected chi connectivity index (χ4v) is 11.7. The molecule has 0 fully saturated rings. The van der Waals surface area contributed by atoms with Crippen molar-refractivity contribution in [3.8, 4) is 17.1 Å². The number of ketones is 3. The Kier molecular flexibility index (Phi) is 35.4. The first kappa shape index (κ1) is 80.1. The summed E-state index contributed by atoms with van der Waals surface area (Å²) >= 11 is 0. The van der Waals surface area contributed by atoms with Gasteiger partial charge >= 0.3 is 18.0 Å². The molecule has 2 aliphatic heterocycles.